The van der Waals surface area contributed by atoms with E-state index in [-0.39, 0.29) is 5.91 Å². The molecule has 1 amide bonds. The minimum Gasteiger partial charge on any atom is -0.339 e. The van der Waals surface area contributed by atoms with Gasteiger partial charge in [0.1, 0.15) is 0 Å². The molecule has 0 unspecified atom stereocenters. The van der Waals surface area contributed by atoms with Crippen LogP contribution in [-0.2, 0) is 0 Å². The molecule has 1 aromatic rings. The molecule has 0 atom stereocenters. The lowest BCUT2D eigenvalue weighted by atomic mass is 10.0. The second-order valence-corrected chi connectivity index (χ2v) is 4.83. The van der Waals surface area contributed by atoms with E-state index in [9.17, 15) is 4.79 Å². The van der Waals surface area contributed by atoms with Crippen molar-refractivity contribution in [3.05, 3.63) is 34.9 Å². The first-order valence-corrected chi connectivity index (χ1v) is 7.22. The Morgan fingerprint density at radius 3 is 2.45 bits per heavy atom. The van der Waals surface area contributed by atoms with Gasteiger partial charge in [-0.05, 0) is 37.5 Å². The van der Waals surface area contributed by atoms with Crippen LogP contribution in [0.2, 0.25) is 0 Å². The van der Waals surface area contributed by atoms with Gasteiger partial charge in [0.05, 0.1) is 6.54 Å². The van der Waals surface area contributed by atoms with Crippen molar-refractivity contribution >= 4 is 5.91 Å². The van der Waals surface area contributed by atoms with Crippen molar-refractivity contribution in [1.29, 1.82) is 0 Å². The normalized spacial score (nSPS) is 9.80. The van der Waals surface area contributed by atoms with Crippen LogP contribution in [0.25, 0.3) is 0 Å². The van der Waals surface area contributed by atoms with Crippen LogP contribution in [0, 0.1) is 18.8 Å². The third kappa shape index (κ3) is 4.40. The van der Waals surface area contributed by atoms with Gasteiger partial charge in [0.25, 0.3) is 5.91 Å². The van der Waals surface area contributed by atoms with Crippen molar-refractivity contribution in [2.24, 2.45) is 5.73 Å². The van der Waals surface area contributed by atoms with E-state index < -0.39 is 0 Å². The van der Waals surface area contributed by atoms with Gasteiger partial charge in [-0.15, -0.1) is 0 Å². The Hall–Kier alpha value is -1.79. The highest BCUT2D eigenvalue weighted by molar-refractivity contribution is 5.94. The molecule has 0 aliphatic heterocycles. The van der Waals surface area contributed by atoms with E-state index in [0.29, 0.717) is 12.1 Å². The fraction of sp³-hybridized carbons (Fsp3) is 0.471. The molecular weight excluding hydrogens is 248 g/mol. The zero-order valence-corrected chi connectivity index (χ0v) is 12.7. The fourth-order valence-corrected chi connectivity index (χ4v) is 2.07. The maximum absolute atomic E-state index is 12.5. The highest BCUT2D eigenvalue weighted by atomic mass is 16.2. The Bertz CT molecular complexity index is 505. The third-order valence-corrected chi connectivity index (χ3v) is 3.08. The lowest BCUT2D eigenvalue weighted by molar-refractivity contribution is 0.0755. The monoisotopic (exact) mass is 272 g/mol. The fourth-order valence-electron chi connectivity index (χ4n) is 2.07. The minimum atomic E-state index is 0.0875. The van der Waals surface area contributed by atoms with Gasteiger partial charge in [-0.3, -0.25) is 4.79 Å². The molecule has 0 spiro atoms. The number of nitrogens with zero attached hydrogens (tertiary/aromatic N) is 1. The molecule has 1 aromatic carbocycles. The molecule has 108 valence electrons. The molecule has 3 nitrogen and oxygen atoms in total. The van der Waals surface area contributed by atoms with Gasteiger partial charge in [-0.2, -0.15) is 0 Å². The Balaban J connectivity index is 3.02. The van der Waals surface area contributed by atoms with Crippen LogP contribution in [0.3, 0.4) is 0 Å². The van der Waals surface area contributed by atoms with Gasteiger partial charge in [-0.1, -0.05) is 31.8 Å². The number of aryl methyl sites for hydroxylation is 1. The topological polar surface area (TPSA) is 46.3 Å². The van der Waals surface area contributed by atoms with E-state index in [1.807, 2.05) is 30.0 Å². The number of carbonyl (C=O) groups is 1. The van der Waals surface area contributed by atoms with E-state index in [1.165, 1.54) is 0 Å². The summed E-state index contributed by atoms with van der Waals surface area (Å²) in [6, 6.07) is 5.70. The summed E-state index contributed by atoms with van der Waals surface area (Å²) in [4.78, 5) is 14.4. The van der Waals surface area contributed by atoms with Crippen LogP contribution in [0.15, 0.2) is 18.2 Å². The first-order valence-electron chi connectivity index (χ1n) is 7.22. The number of amides is 1. The van der Waals surface area contributed by atoms with E-state index in [2.05, 4.69) is 25.7 Å². The van der Waals surface area contributed by atoms with Crippen molar-refractivity contribution in [3.63, 3.8) is 0 Å². The second kappa shape index (κ2) is 8.39. The Morgan fingerprint density at radius 2 is 1.90 bits per heavy atom. The largest absolute Gasteiger partial charge is 0.339 e. The van der Waals surface area contributed by atoms with E-state index >= 15 is 0 Å². The summed E-state index contributed by atoms with van der Waals surface area (Å²) in [6.45, 7) is 8.08. The summed E-state index contributed by atoms with van der Waals surface area (Å²) in [7, 11) is 0. The van der Waals surface area contributed by atoms with Gasteiger partial charge >= 0.3 is 0 Å². The van der Waals surface area contributed by atoms with E-state index in [4.69, 9.17) is 5.73 Å². The van der Waals surface area contributed by atoms with Crippen LogP contribution < -0.4 is 5.73 Å². The molecule has 0 radical (unpaired) electrons. The summed E-state index contributed by atoms with van der Waals surface area (Å²) in [6.07, 6.45) is 1.94. The van der Waals surface area contributed by atoms with Crippen LogP contribution in [0.4, 0.5) is 0 Å². The summed E-state index contributed by atoms with van der Waals surface area (Å²) >= 11 is 0. The quantitative estimate of drug-likeness (QED) is 0.837. The molecular formula is C17H24N2O. The predicted molar refractivity (Wildman–Crippen MR) is 83.6 cm³/mol. The molecule has 0 aliphatic rings. The first kappa shape index (κ1) is 16.3. The molecule has 0 saturated carbocycles. The number of hydrogen-bond donors (Lipinski definition) is 1. The average molecular weight is 272 g/mol. The zero-order chi connectivity index (χ0) is 15.0. The van der Waals surface area contributed by atoms with Crippen LogP contribution in [-0.4, -0.2) is 30.4 Å². The molecule has 0 aromatic heterocycles. The maximum Gasteiger partial charge on any atom is 0.253 e. The first-order chi connectivity index (χ1) is 9.63. The number of nitrogens with two attached hydrogens (primary N) is 1. The minimum absolute atomic E-state index is 0.0875. The number of benzene rings is 1. The molecule has 1 rings (SSSR count). The number of hydrogen-bond acceptors (Lipinski definition) is 2. The van der Waals surface area contributed by atoms with Crippen LogP contribution >= 0.6 is 0 Å². The molecule has 2 N–H and O–H groups in total. The molecule has 0 bridgehead atoms. The Labute approximate surface area is 122 Å². The number of rotatable bonds is 5. The van der Waals surface area contributed by atoms with Gasteiger partial charge in [0.15, 0.2) is 0 Å². The summed E-state index contributed by atoms with van der Waals surface area (Å²) in [5.41, 5.74) is 8.06. The second-order valence-electron chi connectivity index (χ2n) is 4.83. The van der Waals surface area contributed by atoms with Crippen molar-refractivity contribution < 1.29 is 4.79 Å². The molecule has 3 heteroatoms. The summed E-state index contributed by atoms with van der Waals surface area (Å²) in [5, 5.41) is 0. The lowest BCUT2D eigenvalue weighted by Gasteiger charge is -2.21. The van der Waals surface area contributed by atoms with Crippen LogP contribution in [0.1, 0.15) is 48.2 Å². The molecule has 0 heterocycles. The SMILES string of the molecule is CCCN(CCC)C(=O)c1ccc(C)c(C#CCN)c1. The Morgan fingerprint density at radius 1 is 1.25 bits per heavy atom. The number of carbonyl (C=O) groups excluding carboxylic acids is 1. The lowest BCUT2D eigenvalue weighted by Crippen LogP contribution is -2.32. The smallest absolute Gasteiger partial charge is 0.253 e. The third-order valence-electron chi connectivity index (χ3n) is 3.08. The highest BCUT2D eigenvalue weighted by Crippen LogP contribution is 2.13. The Kier molecular flexibility index (Phi) is 6.83. The maximum atomic E-state index is 12.5. The van der Waals surface area contributed by atoms with Crippen molar-refractivity contribution in [1.82, 2.24) is 4.90 Å². The van der Waals surface area contributed by atoms with Crippen LogP contribution in [0.5, 0.6) is 0 Å². The summed E-state index contributed by atoms with van der Waals surface area (Å²) in [5.74, 6) is 5.96. The van der Waals surface area contributed by atoms with Gasteiger partial charge in [0, 0.05) is 24.2 Å². The predicted octanol–water partition coefficient (Wildman–Crippen LogP) is 2.57. The van der Waals surface area contributed by atoms with Crippen molar-refractivity contribution in [2.45, 2.75) is 33.6 Å². The van der Waals surface area contributed by atoms with Gasteiger partial charge in [-0.25, -0.2) is 0 Å². The average Bonchev–Trinajstić information content (AvgIpc) is 2.45. The van der Waals surface area contributed by atoms with E-state index in [1.54, 1.807) is 0 Å². The van der Waals surface area contributed by atoms with E-state index in [0.717, 1.165) is 37.1 Å². The standard InChI is InChI=1S/C17H24N2O/c1-4-11-19(12-5-2)17(20)16-9-8-14(3)15(13-16)7-6-10-18/h8-9,13H,4-5,10-12,18H2,1-3H3. The molecule has 0 saturated heterocycles. The molecule has 20 heavy (non-hydrogen) atoms. The van der Waals surface area contributed by atoms with Gasteiger partial charge < -0.3 is 10.6 Å². The van der Waals surface area contributed by atoms with Crippen molar-refractivity contribution in [3.8, 4) is 11.8 Å². The highest BCUT2D eigenvalue weighted by Gasteiger charge is 2.14. The summed E-state index contributed by atoms with van der Waals surface area (Å²) < 4.78 is 0. The van der Waals surface area contributed by atoms with Crippen molar-refractivity contribution in [2.75, 3.05) is 19.6 Å². The molecule has 0 aliphatic carbocycles. The molecule has 0 fully saturated rings. The zero-order valence-electron chi connectivity index (χ0n) is 12.7. The van der Waals surface area contributed by atoms with Gasteiger partial charge in [0.2, 0.25) is 0 Å².